The summed E-state index contributed by atoms with van der Waals surface area (Å²) in [6, 6.07) is 0. The molecule has 1 aliphatic rings. The van der Waals surface area contributed by atoms with E-state index in [9.17, 15) is 0 Å². The van der Waals surface area contributed by atoms with Gasteiger partial charge in [-0.2, -0.15) is 0 Å². The van der Waals surface area contributed by atoms with Crippen molar-refractivity contribution in [3.05, 3.63) is 12.2 Å². The van der Waals surface area contributed by atoms with Crippen molar-refractivity contribution >= 4 is 27.8 Å². The summed E-state index contributed by atoms with van der Waals surface area (Å²) >= 11 is 0. The van der Waals surface area contributed by atoms with E-state index in [0.717, 1.165) is 18.7 Å². The monoisotopic (exact) mass is 218 g/mol. The van der Waals surface area contributed by atoms with Crippen LogP contribution in [0.4, 0.5) is 0 Å². The number of hydrogen-bond donors (Lipinski definition) is 2. The first-order valence-electron chi connectivity index (χ1n) is 4.21. The van der Waals surface area contributed by atoms with Crippen LogP contribution in [0, 0.1) is 0 Å². The van der Waals surface area contributed by atoms with Gasteiger partial charge in [0.2, 0.25) is 0 Å². The molecule has 0 aromatic rings. The number of nitrogens with one attached hydrogen (secondary N) is 1. The van der Waals surface area contributed by atoms with E-state index < -0.39 is 0 Å². The van der Waals surface area contributed by atoms with Crippen LogP contribution in [0.15, 0.2) is 17.1 Å². The van der Waals surface area contributed by atoms with Crippen LogP contribution in [0.3, 0.4) is 0 Å². The number of aliphatic hydroxyl groups excluding tert-OH is 1. The zero-order chi connectivity index (χ0) is 9.36. The molecule has 0 fully saturated rings. The quantitative estimate of drug-likeness (QED) is 0.305. The van der Waals surface area contributed by atoms with Crippen LogP contribution in [0.1, 0.15) is 6.42 Å². The van der Waals surface area contributed by atoms with Crippen LogP contribution in [-0.2, 0) is 0 Å². The van der Waals surface area contributed by atoms with Crippen LogP contribution >= 0.6 is 21.6 Å². The van der Waals surface area contributed by atoms with Gasteiger partial charge in [-0.05, 0) is 0 Å². The Labute approximate surface area is 86.5 Å². The van der Waals surface area contributed by atoms with E-state index >= 15 is 0 Å². The summed E-state index contributed by atoms with van der Waals surface area (Å²) in [5.74, 6) is 0.991. The van der Waals surface area contributed by atoms with Gasteiger partial charge in [0.15, 0.2) is 0 Å². The first-order chi connectivity index (χ1) is 6.43. The Kier molecular flexibility index (Phi) is 6.35. The molecule has 0 amide bonds. The summed E-state index contributed by atoms with van der Waals surface area (Å²) in [5.41, 5.74) is 0. The van der Waals surface area contributed by atoms with E-state index in [1.54, 1.807) is 21.6 Å². The van der Waals surface area contributed by atoms with Crippen LogP contribution in [0.5, 0.6) is 0 Å². The molecule has 1 rings (SSSR count). The van der Waals surface area contributed by atoms with Crippen molar-refractivity contribution in [2.24, 2.45) is 4.99 Å². The maximum Gasteiger partial charge on any atom is 0.123 e. The summed E-state index contributed by atoms with van der Waals surface area (Å²) < 4.78 is 0. The van der Waals surface area contributed by atoms with Gasteiger partial charge in [-0.25, -0.2) is 0 Å². The van der Waals surface area contributed by atoms with E-state index in [-0.39, 0.29) is 12.1 Å². The summed E-state index contributed by atoms with van der Waals surface area (Å²) in [6.45, 7) is 0.904. The highest BCUT2D eigenvalue weighted by Gasteiger charge is 2.03. The second-order valence-electron chi connectivity index (χ2n) is 2.46. The van der Waals surface area contributed by atoms with E-state index in [1.165, 1.54) is 0 Å². The Bertz CT molecular complexity index is 173. The van der Waals surface area contributed by atoms with Gasteiger partial charge in [0.25, 0.3) is 0 Å². The smallest absolute Gasteiger partial charge is 0.123 e. The number of allylic oxidation sites excluding steroid dienone is 1. The van der Waals surface area contributed by atoms with Crippen molar-refractivity contribution in [2.75, 3.05) is 19.0 Å². The fourth-order valence-electron chi connectivity index (χ4n) is 0.838. The number of nitrogens with zero attached hydrogens (tertiary/aromatic N) is 1. The molecule has 0 aliphatic carbocycles. The van der Waals surface area contributed by atoms with Gasteiger partial charge < -0.3 is 5.11 Å². The second-order valence-corrected chi connectivity index (χ2v) is 5.07. The third kappa shape index (κ3) is 5.36. The van der Waals surface area contributed by atoms with Crippen molar-refractivity contribution < 1.29 is 5.11 Å². The van der Waals surface area contributed by atoms with E-state index in [1.807, 2.05) is 6.21 Å². The van der Waals surface area contributed by atoms with Gasteiger partial charge >= 0.3 is 0 Å². The Morgan fingerprint density at radius 1 is 1.62 bits per heavy atom. The van der Waals surface area contributed by atoms with Crippen LogP contribution in [0.25, 0.3) is 0 Å². The highest BCUT2D eigenvalue weighted by atomic mass is 33.1. The minimum Gasteiger partial charge on any atom is -0.381 e. The van der Waals surface area contributed by atoms with Gasteiger partial charge in [-0.1, -0.05) is 33.7 Å². The summed E-state index contributed by atoms with van der Waals surface area (Å²) in [6.07, 6.45) is 7.17. The standard InChI is InChI=1S/C8H14N2OS2/c11-7-9-5-6-12-13-8-3-1-2-4-10-8/h1,3-4,8-9,11H,2,5-7H2. The Balaban J connectivity index is 1.96. The van der Waals surface area contributed by atoms with Crippen molar-refractivity contribution in [2.45, 2.75) is 11.8 Å². The third-order valence-electron chi connectivity index (χ3n) is 1.44. The first-order valence-corrected chi connectivity index (χ1v) is 6.60. The van der Waals surface area contributed by atoms with Crippen LogP contribution in [-0.4, -0.2) is 35.7 Å². The molecule has 0 spiro atoms. The minimum absolute atomic E-state index is 0.0622. The van der Waals surface area contributed by atoms with Gasteiger partial charge in [-0.3, -0.25) is 10.3 Å². The average molecular weight is 218 g/mol. The molecule has 0 saturated heterocycles. The largest absolute Gasteiger partial charge is 0.381 e. The Morgan fingerprint density at radius 2 is 2.54 bits per heavy atom. The van der Waals surface area contributed by atoms with E-state index in [0.29, 0.717) is 0 Å². The van der Waals surface area contributed by atoms with Crippen molar-refractivity contribution in [3.63, 3.8) is 0 Å². The maximum atomic E-state index is 8.45. The predicted octanol–water partition coefficient (Wildman–Crippen LogP) is 1.26. The lowest BCUT2D eigenvalue weighted by atomic mass is 10.3. The van der Waals surface area contributed by atoms with E-state index in [4.69, 9.17) is 5.11 Å². The number of hydrogen-bond acceptors (Lipinski definition) is 5. The van der Waals surface area contributed by atoms with Gasteiger partial charge in [0, 0.05) is 24.9 Å². The molecule has 0 aromatic carbocycles. The molecule has 0 radical (unpaired) electrons. The SMILES string of the molecule is OCNCCSSC1C=CCC=N1. The number of aliphatic hydroxyl groups is 1. The molecule has 13 heavy (non-hydrogen) atoms. The first kappa shape index (κ1) is 11.1. The van der Waals surface area contributed by atoms with Crippen LogP contribution in [0.2, 0.25) is 0 Å². The molecule has 2 N–H and O–H groups in total. The molecule has 1 aliphatic heterocycles. The molecule has 1 heterocycles. The fourth-order valence-corrected chi connectivity index (χ4v) is 2.91. The average Bonchev–Trinajstić information content (AvgIpc) is 2.19. The number of rotatable bonds is 6. The number of aliphatic imine (C=N–C) groups is 1. The van der Waals surface area contributed by atoms with Crippen LogP contribution < -0.4 is 5.32 Å². The normalized spacial score (nSPS) is 20.8. The molecule has 3 nitrogen and oxygen atoms in total. The predicted molar refractivity (Wildman–Crippen MR) is 61.2 cm³/mol. The highest BCUT2D eigenvalue weighted by molar-refractivity contribution is 8.77. The van der Waals surface area contributed by atoms with Gasteiger partial charge in [0.05, 0.1) is 6.73 Å². The van der Waals surface area contributed by atoms with Gasteiger partial charge in [0.1, 0.15) is 5.37 Å². The molecular formula is C8H14N2OS2. The lowest BCUT2D eigenvalue weighted by Crippen LogP contribution is -2.17. The molecule has 0 bridgehead atoms. The van der Waals surface area contributed by atoms with Crippen molar-refractivity contribution in [1.82, 2.24) is 5.32 Å². The zero-order valence-corrected chi connectivity index (χ0v) is 8.98. The molecule has 74 valence electrons. The van der Waals surface area contributed by atoms with Crippen molar-refractivity contribution in [3.8, 4) is 0 Å². The summed E-state index contributed by atoms with van der Waals surface area (Å²) in [5, 5.41) is 11.6. The molecule has 1 atom stereocenters. The molecule has 0 aromatic heterocycles. The minimum atomic E-state index is 0.0622. The fraction of sp³-hybridized carbons (Fsp3) is 0.625. The number of dihydropyridines is 1. The van der Waals surface area contributed by atoms with Gasteiger partial charge in [-0.15, -0.1) is 0 Å². The summed E-state index contributed by atoms with van der Waals surface area (Å²) in [4.78, 5) is 4.31. The summed E-state index contributed by atoms with van der Waals surface area (Å²) in [7, 11) is 3.54. The van der Waals surface area contributed by atoms with Crippen molar-refractivity contribution in [1.29, 1.82) is 0 Å². The second kappa shape index (κ2) is 7.44. The zero-order valence-electron chi connectivity index (χ0n) is 7.35. The lowest BCUT2D eigenvalue weighted by Gasteiger charge is -2.08. The highest BCUT2D eigenvalue weighted by Crippen LogP contribution is 2.28. The third-order valence-corrected chi connectivity index (χ3v) is 3.92. The van der Waals surface area contributed by atoms with E-state index in [2.05, 4.69) is 22.5 Å². The Morgan fingerprint density at radius 3 is 3.23 bits per heavy atom. The topological polar surface area (TPSA) is 44.6 Å². The molecule has 1 unspecified atom stereocenters. The molecule has 5 heteroatoms. The molecular weight excluding hydrogens is 204 g/mol. The maximum absolute atomic E-state index is 8.45. The lowest BCUT2D eigenvalue weighted by molar-refractivity contribution is 0.265. The molecule has 0 saturated carbocycles. The Hall–Kier alpha value is 0.0300.